The number of aliphatic carboxylic acids is 1. The van der Waals surface area contributed by atoms with Crippen LogP contribution < -0.4 is 10.0 Å². The number of hydrogen-bond acceptors (Lipinski definition) is 5. The Bertz CT molecular complexity index is 327. The van der Waals surface area contributed by atoms with Crippen molar-refractivity contribution in [1.29, 1.82) is 0 Å². The summed E-state index contributed by atoms with van der Waals surface area (Å²) in [7, 11) is 0. The fraction of sp³-hybridized carbons (Fsp3) is 0.700. The summed E-state index contributed by atoms with van der Waals surface area (Å²) in [5.41, 5.74) is -0.697. The minimum Gasteiger partial charge on any atom is -0.480 e. The van der Waals surface area contributed by atoms with Crippen molar-refractivity contribution in [1.82, 2.24) is 10.0 Å². The predicted molar refractivity (Wildman–Crippen MR) is 67.1 cm³/mol. The maximum atomic E-state index is 11.4. The fourth-order valence-corrected chi connectivity index (χ4v) is 1.53. The first-order chi connectivity index (χ1) is 8.11. The number of alkyl carbamates (subject to hydrolysis) is 1. The van der Waals surface area contributed by atoms with Crippen molar-refractivity contribution in [2.45, 2.75) is 39.3 Å². The number of amides is 2. The Labute approximate surface area is 110 Å². The molecule has 0 aromatic heterocycles. The Balaban J connectivity index is 4.23. The molecule has 0 aliphatic carbocycles. The molecule has 0 bridgehead atoms. The zero-order chi connectivity index (χ0) is 14.3. The van der Waals surface area contributed by atoms with Gasteiger partial charge in [0.2, 0.25) is 5.91 Å². The molecule has 0 fully saturated rings. The van der Waals surface area contributed by atoms with Crippen molar-refractivity contribution >= 4 is 29.9 Å². The average molecular weight is 278 g/mol. The Kier molecular flexibility index (Phi) is 6.53. The number of rotatable bonds is 5. The van der Waals surface area contributed by atoms with Crippen LogP contribution in [0.25, 0.3) is 0 Å². The van der Waals surface area contributed by atoms with Gasteiger partial charge in [0, 0.05) is 12.7 Å². The second-order valence-corrected chi connectivity index (χ2v) is 5.33. The van der Waals surface area contributed by atoms with Crippen LogP contribution in [0.15, 0.2) is 0 Å². The van der Waals surface area contributed by atoms with Crippen molar-refractivity contribution < 1.29 is 24.2 Å². The van der Waals surface area contributed by atoms with Gasteiger partial charge in [-0.25, -0.2) is 9.59 Å². The van der Waals surface area contributed by atoms with Crippen LogP contribution in [0.2, 0.25) is 0 Å². The van der Waals surface area contributed by atoms with Crippen LogP contribution in [-0.4, -0.2) is 40.5 Å². The topological polar surface area (TPSA) is 105 Å². The van der Waals surface area contributed by atoms with E-state index in [0.717, 1.165) is 11.9 Å². The van der Waals surface area contributed by atoms with Gasteiger partial charge in [-0.2, -0.15) is 0 Å². The summed E-state index contributed by atoms with van der Waals surface area (Å²) in [6, 6.07) is -1.13. The highest BCUT2D eigenvalue weighted by Crippen LogP contribution is 2.07. The molecule has 0 heterocycles. The van der Waals surface area contributed by atoms with E-state index in [1.165, 1.54) is 6.92 Å². The number of hydrogen-bond donors (Lipinski definition) is 3. The second-order valence-electron chi connectivity index (χ2n) is 4.51. The third-order valence-corrected chi connectivity index (χ3v) is 2.39. The van der Waals surface area contributed by atoms with Crippen LogP contribution in [0.5, 0.6) is 0 Å². The van der Waals surface area contributed by atoms with Gasteiger partial charge in [-0.05, 0) is 32.7 Å². The van der Waals surface area contributed by atoms with E-state index in [-0.39, 0.29) is 11.7 Å². The molecule has 0 aromatic rings. The van der Waals surface area contributed by atoms with Crippen LogP contribution in [0, 0.1) is 0 Å². The lowest BCUT2D eigenvalue weighted by atomic mass is 10.2. The molecule has 0 radical (unpaired) electrons. The molecular weight excluding hydrogens is 260 g/mol. The molecule has 8 heteroatoms. The molecule has 0 rings (SSSR count). The zero-order valence-electron chi connectivity index (χ0n) is 10.8. The number of ether oxygens (including phenoxy) is 1. The van der Waals surface area contributed by atoms with Crippen LogP contribution in [0.4, 0.5) is 4.79 Å². The second kappa shape index (κ2) is 7.10. The molecule has 104 valence electrons. The Morgan fingerprint density at radius 3 is 2.28 bits per heavy atom. The highest BCUT2D eigenvalue weighted by molar-refractivity contribution is 7.98. The van der Waals surface area contributed by atoms with Gasteiger partial charge in [0.05, 0.1) is 0 Å². The number of carbonyl (C=O) groups excluding carboxylic acids is 2. The Hall–Kier alpha value is -1.44. The molecule has 7 nitrogen and oxygen atoms in total. The van der Waals surface area contributed by atoms with Crippen LogP contribution in [-0.2, 0) is 14.3 Å². The molecule has 0 saturated carbocycles. The summed E-state index contributed by atoms with van der Waals surface area (Å²) < 4.78 is 7.31. The van der Waals surface area contributed by atoms with Gasteiger partial charge in [-0.3, -0.25) is 4.79 Å². The fourth-order valence-electron chi connectivity index (χ4n) is 0.851. The minimum absolute atomic E-state index is 0.00809. The molecule has 0 saturated heterocycles. The van der Waals surface area contributed by atoms with E-state index < -0.39 is 23.7 Å². The van der Waals surface area contributed by atoms with Crippen LogP contribution in [0.1, 0.15) is 27.7 Å². The molecule has 0 spiro atoms. The summed E-state index contributed by atoms with van der Waals surface area (Å²) >= 11 is 0.907. The lowest BCUT2D eigenvalue weighted by Crippen LogP contribution is -2.45. The summed E-state index contributed by atoms with van der Waals surface area (Å²) in [5, 5.41) is 11.1. The number of carboxylic acid groups (broad SMARTS) is 1. The molecular formula is C10H18N2O5S. The maximum Gasteiger partial charge on any atom is 0.408 e. The molecule has 0 aromatic carbocycles. The quantitative estimate of drug-likeness (QED) is 0.641. The molecule has 2 amide bonds. The van der Waals surface area contributed by atoms with Crippen molar-refractivity contribution in [3.63, 3.8) is 0 Å². The molecule has 0 unspecified atom stereocenters. The van der Waals surface area contributed by atoms with E-state index >= 15 is 0 Å². The Morgan fingerprint density at radius 2 is 1.89 bits per heavy atom. The predicted octanol–water partition coefficient (Wildman–Crippen LogP) is 0.749. The summed E-state index contributed by atoms with van der Waals surface area (Å²) in [6.45, 7) is 6.33. The number of carboxylic acids is 1. The van der Waals surface area contributed by atoms with E-state index in [0.29, 0.717) is 0 Å². The normalized spacial score (nSPS) is 12.4. The first-order valence-corrected chi connectivity index (χ1v) is 6.21. The SMILES string of the molecule is CC(=O)NSC[C@@H](NC(=O)OC(C)(C)C)C(=O)O. The molecule has 0 aliphatic heterocycles. The largest absolute Gasteiger partial charge is 0.480 e. The highest BCUT2D eigenvalue weighted by atomic mass is 32.2. The van der Waals surface area contributed by atoms with Gasteiger partial charge < -0.3 is 19.9 Å². The average Bonchev–Trinajstić information content (AvgIpc) is 2.12. The summed E-state index contributed by atoms with van der Waals surface area (Å²) in [4.78, 5) is 32.9. The maximum absolute atomic E-state index is 11.4. The van der Waals surface area contributed by atoms with Gasteiger partial charge >= 0.3 is 12.1 Å². The van der Waals surface area contributed by atoms with Crippen molar-refractivity contribution in [2.75, 3.05) is 5.75 Å². The zero-order valence-corrected chi connectivity index (χ0v) is 11.6. The Morgan fingerprint density at radius 1 is 1.33 bits per heavy atom. The van der Waals surface area contributed by atoms with Crippen LogP contribution >= 0.6 is 11.9 Å². The third-order valence-electron chi connectivity index (χ3n) is 1.45. The molecule has 0 aliphatic rings. The molecule has 18 heavy (non-hydrogen) atoms. The smallest absolute Gasteiger partial charge is 0.408 e. The van der Waals surface area contributed by atoms with Gasteiger partial charge in [0.25, 0.3) is 0 Å². The number of carbonyl (C=O) groups is 3. The van der Waals surface area contributed by atoms with E-state index in [2.05, 4.69) is 10.0 Å². The van der Waals surface area contributed by atoms with Gasteiger partial charge in [0.1, 0.15) is 11.6 Å². The minimum atomic E-state index is -1.20. The third kappa shape index (κ3) is 8.68. The first kappa shape index (κ1) is 16.6. The van der Waals surface area contributed by atoms with E-state index in [1.54, 1.807) is 20.8 Å². The summed E-state index contributed by atoms with van der Waals surface area (Å²) in [5.74, 6) is -1.48. The van der Waals surface area contributed by atoms with Gasteiger partial charge in [-0.15, -0.1) is 0 Å². The van der Waals surface area contributed by atoms with Crippen LogP contribution in [0.3, 0.4) is 0 Å². The molecule has 1 atom stereocenters. The molecule has 3 N–H and O–H groups in total. The monoisotopic (exact) mass is 278 g/mol. The summed E-state index contributed by atoms with van der Waals surface area (Å²) in [6.07, 6.45) is -0.807. The van der Waals surface area contributed by atoms with Crippen molar-refractivity contribution in [2.24, 2.45) is 0 Å². The van der Waals surface area contributed by atoms with Crippen molar-refractivity contribution in [3.8, 4) is 0 Å². The number of nitrogens with one attached hydrogen (secondary N) is 2. The lowest BCUT2D eigenvalue weighted by molar-refractivity contribution is -0.138. The first-order valence-electron chi connectivity index (χ1n) is 5.22. The van der Waals surface area contributed by atoms with E-state index in [9.17, 15) is 14.4 Å². The highest BCUT2D eigenvalue weighted by Gasteiger charge is 2.23. The van der Waals surface area contributed by atoms with Gasteiger partial charge in [-0.1, -0.05) is 0 Å². The van der Waals surface area contributed by atoms with Gasteiger partial charge in [0.15, 0.2) is 0 Å². The van der Waals surface area contributed by atoms with E-state index in [1.807, 2.05) is 0 Å². The standard InChI is InChI=1S/C10H18N2O5S/c1-6(13)12-18-5-7(8(14)15)11-9(16)17-10(2,3)4/h7H,5H2,1-4H3,(H,11,16)(H,12,13)(H,14,15)/t7-/m1/s1. The van der Waals surface area contributed by atoms with Crippen molar-refractivity contribution in [3.05, 3.63) is 0 Å². The lowest BCUT2D eigenvalue weighted by Gasteiger charge is -2.21. The van der Waals surface area contributed by atoms with E-state index in [4.69, 9.17) is 9.84 Å².